The fourth-order valence-electron chi connectivity index (χ4n) is 7.63. The molecule has 1 saturated carbocycles. The van der Waals surface area contributed by atoms with Gasteiger partial charge in [0.2, 0.25) is 0 Å². The molecule has 0 N–H and O–H groups in total. The van der Waals surface area contributed by atoms with Crippen LogP contribution in [-0.2, 0) is 25.5 Å². The van der Waals surface area contributed by atoms with Gasteiger partial charge in [-0.25, -0.2) is 0 Å². The van der Waals surface area contributed by atoms with E-state index in [1.165, 1.54) is 46.8 Å². The van der Waals surface area contributed by atoms with Gasteiger partial charge in [-0.15, -0.1) is 18.2 Å². The summed E-state index contributed by atoms with van der Waals surface area (Å²) in [6.45, 7) is 6.97. The minimum absolute atomic E-state index is 0. The monoisotopic (exact) mass is 909 g/mol. The van der Waals surface area contributed by atoms with Gasteiger partial charge in [-0.2, -0.15) is 0 Å². The molecule has 0 aliphatic heterocycles. The van der Waals surface area contributed by atoms with Gasteiger partial charge in [-0.1, -0.05) is 86.2 Å². The first-order valence-electron chi connectivity index (χ1n) is 17.9. The second-order valence-corrected chi connectivity index (χ2v) is 25.9. The van der Waals surface area contributed by atoms with Crippen LogP contribution in [0.5, 0.6) is 0 Å². The molecule has 1 aliphatic rings. The van der Waals surface area contributed by atoms with Crippen molar-refractivity contribution in [2.24, 2.45) is 5.92 Å². The van der Waals surface area contributed by atoms with Gasteiger partial charge in [0.05, 0.1) is 5.58 Å². The van der Waals surface area contributed by atoms with E-state index in [1.54, 1.807) is 0 Å². The first kappa shape index (κ1) is 36.9. The zero-order chi connectivity index (χ0) is 34.9. The number of pyridine rings is 2. The molecule has 8 rings (SSSR count). The molecular weight excluding hydrogens is 861 g/mol. The molecule has 51 heavy (non-hydrogen) atoms. The van der Waals surface area contributed by atoms with E-state index in [1.807, 2.05) is 36.5 Å². The van der Waals surface area contributed by atoms with Crippen LogP contribution >= 0.6 is 0 Å². The van der Waals surface area contributed by atoms with Crippen LogP contribution in [0, 0.1) is 25.0 Å². The zero-order valence-corrected chi connectivity index (χ0v) is 35.0. The smallest absolute Gasteiger partial charge is 0 e. The normalized spacial score (nSPS) is 13.5. The van der Waals surface area contributed by atoms with Gasteiger partial charge in [0.15, 0.2) is 0 Å². The Bertz CT molecular complexity index is 2250. The molecular formula is C46H46GeIrN2O-2. The van der Waals surface area contributed by atoms with E-state index >= 15 is 0 Å². The summed E-state index contributed by atoms with van der Waals surface area (Å²) in [5.41, 5.74) is 11.0. The number of fused-ring (bicyclic) bond motifs is 3. The first-order valence-corrected chi connectivity index (χ1v) is 25.3. The van der Waals surface area contributed by atoms with E-state index in [0.29, 0.717) is 0 Å². The quantitative estimate of drug-likeness (QED) is 0.123. The van der Waals surface area contributed by atoms with Crippen molar-refractivity contribution < 1.29 is 24.5 Å². The number of benzene rings is 4. The van der Waals surface area contributed by atoms with Gasteiger partial charge < -0.3 is 9.40 Å². The number of nitrogens with zero attached hydrogens (tertiary/aromatic N) is 2. The minimum atomic E-state index is -1.77. The fraction of sp³-hybridized carbons (Fsp3) is 0.261. The third-order valence-corrected chi connectivity index (χ3v) is 15.1. The summed E-state index contributed by atoms with van der Waals surface area (Å²) in [5.74, 6) is 7.93. The zero-order valence-electron chi connectivity index (χ0n) is 30.5. The predicted molar refractivity (Wildman–Crippen MR) is 212 cm³/mol. The Labute approximate surface area is 319 Å². The third-order valence-electron chi connectivity index (χ3n) is 10.6. The van der Waals surface area contributed by atoms with Crippen molar-refractivity contribution in [3.05, 3.63) is 139 Å². The summed E-state index contributed by atoms with van der Waals surface area (Å²) < 4.78 is 7.94. The van der Waals surface area contributed by atoms with Crippen LogP contribution in [0.3, 0.4) is 0 Å². The van der Waals surface area contributed by atoms with Crippen LogP contribution in [0.1, 0.15) is 50.7 Å². The number of aryl methyl sites for hydroxylation is 1. The third kappa shape index (κ3) is 7.84. The van der Waals surface area contributed by atoms with Crippen molar-refractivity contribution in [3.8, 4) is 33.6 Å². The molecule has 261 valence electrons. The van der Waals surface area contributed by atoms with Crippen molar-refractivity contribution >= 4 is 39.6 Å². The van der Waals surface area contributed by atoms with Crippen LogP contribution < -0.4 is 4.40 Å². The van der Waals surface area contributed by atoms with Gasteiger partial charge in [0, 0.05) is 31.7 Å². The number of hydrogen-bond donors (Lipinski definition) is 0. The number of hydrogen-bond acceptors (Lipinski definition) is 3. The first-order chi connectivity index (χ1) is 24.1. The second kappa shape index (κ2) is 15.4. The molecule has 1 fully saturated rings. The van der Waals surface area contributed by atoms with E-state index in [-0.39, 0.29) is 25.5 Å². The van der Waals surface area contributed by atoms with Crippen molar-refractivity contribution in [2.75, 3.05) is 0 Å². The van der Waals surface area contributed by atoms with Crippen molar-refractivity contribution in [3.63, 3.8) is 0 Å². The summed E-state index contributed by atoms with van der Waals surface area (Å²) in [4.78, 5) is 9.34. The minimum Gasteiger partial charge on any atom is 0 e. The maximum atomic E-state index is 6.45. The molecule has 0 bridgehead atoms. The largest absolute Gasteiger partial charge is 0 e. The SMILES string of the molecule is CC(C)(c1ccnc(-c2[c-]ccc3c2oc2cc(-c4ccccc4)ccc23)c1)C1CCCC1.Cc1cc(-c2[c-]cccc2)nc[c]1[Ge]([CH3])([CH3])[CH3].[Ir]. The average molecular weight is 908 g/mol. The van der Waals surface area contributed by atoms with Crippen LogP contribution in [0.15, 0.2) is 120 Å². The molecule has 0 spiro atoms. The van der Waals surface area contributed by atoms with Crippen LogP contribution in [-0.4, -0.2) is 23.2 Å². The van der Waals surface area contributed by atoms with Crippen molar-refractivity contribution in [1.82, 2.24) is 9.97 Å². The molecule has 0 amide bonds. The Balaban J connectivity index is 0.000000211. The van der Waals surface area contributed by atoms with Crippen LogP contribution in [0.25, 0.3) is 55.6 Å². The molecule has 5 heteroatoms. The Morgan fingerprint density at radius 3 is 2.22 bits per heavy atom. The van der Waals surface area contributed by atoms with E-state index in [0.717, 1.165) is 55.9 Å². The molecule has 3 heterocycles. The van der Waals surface area contributed by atoms with Gasteiger partial charge in [-0.3, -0.25) is 0 Å². The Morgan fingerprint density at radius 1 is 0.745 bits per heavy atom. The number of rotatable bonds is 6. The topological polar surface area (TPSA) is 38.9 Å². The van der Waals surface area contributed by atoms with Crippen molar-refractivity contribution in [1.29, 1.82) is 0 Å². The Morgan fingerprint density at radius 2 is 1.51 bits per heavy atom. The molecule has 0 unspecified atom stereocenters. The molecule has 3 nitrogen and oxygen atoms in total. The average Bonchev–Trinajstić information content (AvgIpc) is 3.81. The molecule has 7 aromatic rings. The predicted octanol–water partition coefficient (Wildman–Crippen LogP) is 12.0. The van der Waals surface area contributed by atoms with Crippen LogP contribution in [0.2, 0.25) is 17.3 Å². The molecule has 4 aromatic carbocycles. The van der Waals surface area contributed by atoms with Gasteiger partial charge in [0.1, 0.15) is 5.58 Å². The van der Waals surface area contributed by atoms with E-state index in [9.17, 15) is 0 Å². The summed E-state index contributed by atoms with van der Waals surface area (Å²) >= 11 is -1.77. The Kier molecular flexibility index (Phi) is 11.2. The van der Waals surface area contributed by atoms with Gasteiger partial charge in [0.25, 0.3) is 0 Å². The standard InChI is InChI=1S/C31H28NO.C15H18GeN.Ir/c1-31(2,23-11-6-7-12-23)24-17-18-32-28(20-24)27-14-8-13-26-25-16-15-22(19-29(25)33-30(26)27)21-9-4-3-5-10-21;1-12-10-15(13-8-6-5-7-9-13)17-11-14(12)16(2,3)4;/h3-5,8-10,13,15-20,23H,6-7,11-12H2,1-2H3;5-8,10-11H,1-4H3;/q2*-1;. The van der Waals surface area contributed by atoms with E-state index in [4.69, 9.17) is 9.40 Å². The molecule has 0 saturated heterocycles. The van der Waals surface area contributed by atoms with Gasteiger partial charge >= 0.3 is 106 Å². The van der Waals surface area contributed by atoms with Crippen molar-refractivity contribution in [2.45, 2.75) is 69.1 Å². The Hall–Kier alpha value is -3.83. The van der Waals surface area contributed by atoms with E-state index in [2.05, 4.69) is 134 Å². The summed E-state index contributed by atoms with van der Waals surface area (Å²) in [7, 11) is 0. The fourth-order valence-corrected chi connectivity index (χ4v) is 11.2. The molecule has 1 aliphatic carbocycles. The van der Waals surface area contributed by atoms with Crippen LogP contribution in [0.4, 0.5) is 0 Å². The summed E-state index contributed by atoms with van der Waals surface area (Å²) in [6.07, 6.45) is 9.36. The maximum absolute atomic E-state index is 6.45. The second-order valence-electron chi connectivity index (χ2n) is 15.3. The number of furan rings is 1. The molecule has 0 atom stereocenters. The molecule has 3 aromatic heterocycles. The summed E-state index contributed by atoms with van der Waals surface area (Å²) in [5, 5.41) is 2.24. The van der Waals surface area contributed by atoms with Gasteiger partial charge in [-0.05, 0) is 58.7 Å². The number of aromatic nitrogens is 2. The molecule has 1 radical (unpaired) electrons. The van der Waals surface area contributed by atoms with E-state index < -0.39 is 13.3 Å². The maximum Gasteiger partial charge on any atom is 0 e. The summed E-state index contributed by atoms with van der Waals surface area (Å²) in [6, 6.07) is 42.3.